The topological polar surface area (TPSA) is 52.5 Å². The van der Waals surface area contributed by atoms with E-state index in [4.69, 9.17) is 9.98 Å². The summed E-state index contributed by atoms with van der Waals surface area (Å²) in [5.74, 6) is 0. The Labute approximate surface area is 296 Å². The molecule has 5 aromatic rings. The van der Waals surface area contributed by atoms with Crippen molar-refractivity contribution >= 4 is 28.1 Å². The van der Waals surface area contributed by atoms with Gasteiger partial charge in [0.1, 0.15) is 0 Å². The second-order valence-corrected chi connectivity index (χ2v) is 12.4. The molecule has 49 heavy (non-hydrogen) atoms. The van der Waals surface area contributed by atoms with Crippen molar-refractivity contribution < 1.29 is 17.1 Å². The fraction of sp³-hybridized carbons (Fsp3) is 0.0455. The monoisotopic (exact) mass is 679 g/mol. The Hall–Kier alpha value is -5.74. The summed E-state index contributed by atoms with van der Waals surface area (Å²) in [4.78, 5) is 14.5. The Morgan fingerprint density at radius 1 is 0.531 bits per heavy atom. The van der Waals surface area contributed by atoms with Crippen molar-refractivity contribution in [2.75, 3.05) is 0 Å². The summed E-state index contributed by atoms with van der Waals surface area (Å²) in [6.45, 7) is 0. The van der Waals surface area contributed by atoms with E-state index in [2.05, 4.69) is 180 Å². The summed E-state index contributed by atoms with van der Waals surface area (Å²) in [5.41, 5.74) is 12.0. The summed E-state index contributed by atoms with van der Waals surface area (Å²) >= 11 is 0. The molecule has 237 valence electrons. The SMILES string of the molecule is C1=CC2=NC1=CC1=CCC(c3ccccc3)(N1)C(c1ccccc1)=C1C=CC(=N1)C(c1ccccc1)=c1ccc([nH]1)=C2c1ccccc1.[Cu+2]. The largest absolute Gasteiger partial charge is 2.00 e. The first-order chi connectivity index (χ1) is 23.7. The Morgan fingerprint density at radius 2 is 1.06 bits per heavy atom. The number of hydrogen-bond donors (Lipinski definition) is 2. The quantitative estimate of drug-likeness (QED) is 0.190. The number of aliphatic imine (C=N–C) groups is 2. The number of fused-ring (bicyclic) bond motifs is 6. The number of aromatic nitrogens is 1. The summed E-state index contributed by atoms with van der Waals surface area (Å²) in [5, 5.41) is 6.01. The van der Waals surface area contributed by atoms with Gasteiger partial charge in [0, 0.05) is 33.1 Å². The number of nitrogens with one attached hydrogen (secondary N) is 2. The van der Waals surface area contributed by atoms with Crippen LogP contribution < -0.4 is 16.0 Å². The van der Waals surface area contributed by atoms with E-state index in [1.165, 1.54) is 5.56 Å². The third-order valence-electron chi connectivity index (χ3n) is 9.46. The third-order valence-corrected chi connectivity index (χ3v) is 9.46. The molecule has 0 fully saturated rings. The van der Waals surface area contributed by atoms with Gasteiger partial charge >= 0.3 is 17.1 Å². The predicted octanol–water partition coefficient (Wildman–Crippen LogP) is 7.51. The van der Waals surface area contributed by atoms with E-state index in [-0.39, 0.29) is 17.1 Å². The van der Waals surface area contributed by atoms with Crippen molar-refractivity contribution in [1.29, 1.82) is 0 Å². The molecule has 8 bridgehead atoms. The summed E-state index contributed by atoms with van der Waals surface area (Å²) < 4.78 is 0. The van der Waals surface area contributed by atoms with E-state index in [1.807, 2.05) is 0 Å². The third kappa shape index (κ3) is 5.44. The molecule has 0 saturated heterocycles. The normalized spacial score (nSPS) is 19.2. The maximum atomic E-state index is 5.48. The molecule has 9 rings (SSSR count). The predicted molar refractivity (Wildman–Crippen MR) is 196 cm³/mol. The van der Waals surface area contributed by atoms with Crippen LogP contribution in [0.25, 0.3) is 16.7 Å². The van der Waals surface area contributed by atoms with Crippen molar-refractivity contribution in [3.63, 3.8) is 0 Å². The van der Waals surface area contributed by atoms with Crippen LogP contribution in [0.2, 0.25) is 0 Å². The van der Waals surface area contributed by atoms with Gasteiger partial charge in [0.05, 0.1) is 28.4 Å². The number of benzene rings is 4. The van der Waals surface area contributed by atoms with Crippen molar-refractivity contribution in [1.82, 2.24) is 10.3 Å². The fourth-order valence-corrected chi connectivity index (χ4v) is 7.32. The summed E-state index contributed by atoms with van der Waals surface area (Å²) in [7, 11) is 0. The number of aromatic amines is 1. The fourth-order valence-electron chi connectivity index (χ4n) is 7.32. The number of nitrogens with zero attached hydrogens (tertiary/aromatic N) is 2. The van der Waals surface area contributed by atoms with Crippen molar-refractivity contribution in [3.05, 3.63) is 220 Å². The minimum absolute atomic E-state index is 0. The van der Waals surface area contributed by atoms with E-state index in [0.29, 0.717) is 0 Å². The van der Waals surface area contributed by atoms with Gasteiger partial charge in [-0.3, -0.25) is 0 Å². The molecule has 4 aromatic carbocycles. The maximum Gasteiger partial charge on any atom is 2.00 e. The van der Waals surface area contributed by atoms with Gasteiger partial charge in [0.15, 0.2) is 0 Å². The number of H-pyrrole nitrogens is 1. The zero-order valence-corrected chi connectivity index (χ0v) is 27.5. The van der Waals surface area contributed by atoms with Crippen LogP contribution in [0, 0.1) is 0 Å². The second-order valence-electron chi connectivity index (χ2n) is 12.4. The first-order valence-corrected chi connectivity index (χ1v) is 16.4. The summed E-state index contributed by atoms with van der Waals surface area (Å²) in [6.07, 6.45) is 13.8. The molecule has 5 heterocycles. The first-order valence-electron chi connectivity index (χ1n) is 16.4. The smallest absolute Gasteiger partial charge is 0.371 e. The molecule has 0 aliphatic carbocycles. The van der Waals surface area contributed by atoms with Gasteiger partial charge in [-0.1, -0.05) is 127 Å². The number of hydrogen-bond acceptors (Lipinski definition) is 3. The van der Waals surface area contributed by atoms with Crippen LogP contribution in [0.4, 0.5) is 0 Å². The van der Waals surface area contributed by atoms with Crippen LogP contribution in [0.1, 0.15) is 28.7 Å². The number of rotatable bonds is 4. The van der Waals surface area contributed by atoms with Gasteiger partial charge < -0.3 is 10.3 Å². The molecule has 4 nitrogen and oxygen atoms in total. The average molecular weight is 680 g/mol. The molecule has 1 aromatic heterocycles. The van der Waals surface area contributed by atoms with Gasteiger partial charge in [-0.15, -0.1) is 0 Å². The van der Waals surface area contributed by atoms with Crippen molar-refractivity contribution in [2.45, 2.75) is 12.0 Å². The van der Waals surface area contributed by atoms with Gasteiger partial charge in [0.25, 0.3) is 0 Å². The average Bonchev–Trinajstić information content (AvgIpc) is 3.97. The van der Waals surface area contributed by atoms with E-state index in [9.17, 15) is 0 Å². The van der Waals surface area contributed by atoms with Crippen LogP contribution in [-0.4, -0.2) is 16.4 Å². The van der Waals surface area contributed by atoms with Crippen LogP contribution in [-0.2, 0) is 22.6 Å². The molecule has 1 unspecified atom stereocenters. The molecule has 2 N–H and O–H groups in total. The second kappa shape index (κ2) is 12.7. The number of allylic oxidation sites excluding steroid dienone is 5. The van der Waals surface area contributed by atoms with Crippen LogP contribution in [0.5, 0.6) is 0 Å². The molecule has 1 radical (unpaired) electrons. The Kier molecular flexibility index (Phi) is 7.93. The molecule has 0 saturated carbocycles. The maximum absolute atomic E-state index is 5.48. The Bertz CT molecular complexity index is 2410. The summed E-state index contributed by atoms with van der Waals surface area (Å²) in [6, 6.07) is 46.8. The molecule has 5 heteroatoms. The van der Waals surface area contributed by atoms with Gasteiger partial charge in [-0.05, 0) is 71.2 Å². The zero-order valence-electron chi connectivity index (χ0n) is 26.6. The van der Waals surface area contributed by atoms with Crippen molar-refractivity contribution in [2.24, 2.45) is 9.98 Å². The molecular formula is C44H32CuN4+2. The minimum Gasteiger partial charge on any atom is -0.371 e. The Balaban J connectivity index is 0.00000348. The molecule has 0 amide bonds. The Morgan fingerprint density at radius 3 is 1.67 bits per heavy atom. The van der Waals surface area contributed by atoms with E-state index in [0.717, 1.165) is 79.0 Å². The van der Waals surface area contributed by atoms with Gasteiger partial charge in [-0.2, -0.15) is 0 Å². The molecule has 4 aliphatic heterocycles. The molecule has 1 atom stereocenters. The van der Waals surface area contributed by atoms with E-state index < -0.39 is 5.54 Å². The standard InChI is InChI=1S/C44H32N4.Cu/c1-5-13-30(14-6-1)41-36-22-21-34(45-36)29-35-27-28-44(48-35,33-19-11-4-12-20-33)43(32-17-9-3-10-18-32)40-26-25-39(47-40)42(31-15-7-2-8-16-31)38-24-23-37(41)46-38;/h1-27,29,46,48H,28H2;/q;+2. The minimum atomic E-state index is -0.548. The first kappa shape index (κ1) is 30.6. The molecular weight excluding hydrogens is 648 g/mol. The van der Waals surface area contributed by atoms with Crippen molar-refractivity contribution in [3.8, 4) is 0 Å². The van der Waals surface area contributed by atoms with E-state index in [1.54, 1.807) is 0 Å². The van der Waals surface area contributed by atoms with Gasteiger partial charge in [0.2, 0.25) is 0 Å². The van der Waals surface area contributed by atoms with Crippen LogP contribution >= 0.6 is 0 Å². The van der Waals surface area contributed by atoms with E-state index >= 15 is 0 Å². The van der Waals surface area contributed by atoms with Crippen LogP contribution in [0.3, 0.4) is 0 Å². The molecule has 4 aliphatic rings. The molecule has 0 spiro atoms. The van der Waals surface area contributed by atoms with Crippen LogP contribution in [0.15, 0.2) is 197 Å². The zero-order chi connectivity index (χ0) is 31.9. The van der Waals surface area contributed by atoms with Gasteiger partial charge in [-0.25, -0.2) is 9.98 Å².